The van der Waals surface area contributed by atoms with Crippen LogP contribution in [0.3, 0.4) is 0 Å². The molecule has 1 fully saturated rings. The lowest BCUT2D eigenvalue weighted by Gasteiger charge is -2.30. The second-order valence-electron chi connectivity index (χ2n) is 5.75. The largest absolute Gasteiger partial charge is 0.480 e. The average molecular weight is 364 g/mol. The van der Waals surface area contributed by atoms with Crippen LogP contribution in [-0.2, 0) is 29.1 Å². The summed E-state index contributed by atoms with van der Waals surface area (Å²) in [4.78, 5) is 34.1. The number of rotatable bonds is 8. The zero-order chi connectivity index (χ0) is 18.5. The molecule has 1 rings (SSSR count). The van der Waals surface area contributed by atoms with Crippen molar-refractivity contribution in [2.75, 3.05) is 20.2 Å². The van der Waals surface area contributed by atoms with Gasteiger partial charge in [-0.2, -0.15) is 4.31 Å². The molecule has 0 aromatic heterocycles. The van der Waals surface area contributed by atoms with E-state index in [2.05, 4.69) is 10.1 Å². The Kier molecular flexibility index (Phi) is 7.15. The summed E-state index contributed by atoms with van der Waals surface area (Å²) in [6.07, 6.45) is 1.20. The molecule has 0 aromatic rings. The summed E-state index contributed by atoms with van der Waals surface area (Å²) < 4.78 is 31.4. The maximum atomic E-state index is 12.9. The van der Waals surface area contributed by atoms with Gasteiger partial charge in [-0.05, 0) is 19.8 Å². The number of nitrogens with one attached hydrogen (secondary N) is 1. The van der Waals surface area contributed by atoms with Crippen LogP contribution in [0.15, 0.2) is 0 Å². The molecule has 0 saturated heterocycles. The number of sulfonamides is 1. The van der Waals surface area contributed by atoms with Crippen LogP contribution in [0.4, 0.5) is 0 Å². The number of ether oxygens (including phenoxy) is 1. The van der Waals surface area contributed by atoms with Crippen LogP contribution in [0, 0.1) is 5.92 Å². The topological polar surface area (TPSA) is 130 Å². The van der Waals surface area contributed by atoms with Crippen LogP contribution in [0.1, 0.15) is 33.1 Å². The van der Waals surface area contributed by atoms with Gasteiger partial charge in [-0.15, -0.1) is 0 Å². The molecular formula is C14H24N2O7S. The number of carboxylic acids is 1. The summed E-state index contributed by atoms with van der Waals surface area (Å²) in [6, 6.07) is -1.30. The van der Waals surface area contributed by atoms with Gasteiger partial charge in [0.15, 0.2) is 0 Å². The molecule has 0 spiro atoms. The molecule has 24 heavy (non-hydrogen) atoms. The molecule has 1 amide bonds. The van der Waals surface area contributed by atoms with Gasteiger partial charge in [0.25, 0.3) is 0 Å². The predicted octanol–water partition coefficient (Wildman–Crippen LogP) is -0.431. The minimum atomic E-state index is -4.05. The second kappa shape index (κ2) is 8.43. The normalized spacial score (nSPS) is 22.2. The van der Waals surface area contributed by atoms with E-state index in [-0.39, 0.29) is 25.4 Å². The molecule has 0 bridgehead atoms. The second-order valence-corrected chi connectivity index (χ2v) is 7.86. The van der Waals surface area contributed by atoms with E-state index in [1.165, 1.54) is 21.0 Å². The fourth-order valence-electron chi connectivity index (χ4n) is 2.88. The minimum Gasteiger partial charge on any atom is -0.480 e. The zero-order valence-electron chi connectivity index (χ0n) is 14.0. The minimum absolute atomic E-state index is 0.0121. The standard InChI is InChI=1S/C14H24N2O7S/c1-9(13(18)19)16(8-7-15-10(2)17)24(21,22)12-6-4-5-11(12)14(20)23-3/h9,11-12H,4-8H2,1-3H3,(H,15,17)(H,18,19). The van der Waals surface area contributed by atoms with Gasteiger partial charge in [0.2, 0.25) is 15.9 Å². The summed E-state index contributed by atoms with van der Waals surface area (Å²) in [5.41, 5.74) is 0. The number of hydrogen-bond acceptors (Lipinski definition) is 6. The molecule has 10 heteroatoms. The van der Waals surface area contributed by atoms with Crippen molar-refractivity contribution in [3.63, 3.8) is 0 Å². The van der Waals surface area contributed by atoms with Crippen LogP contribution >= 0.6 is 0 Å². The Bertz CT molecular complexity index is 590. The smallest absolute Gasteiger partial charge is 0.321 e. The third-order valence-electron chi connectivity index (χ3n) is 4.16. The first-order valence-corrected chi connectivity index (χ1v) is 9.19. The molecule has 0 aromatic carbocycles. The third kappa shape index (κ3) is 4.67. The van der Waals surface area contributed by atoms with Gasteiger partial charge < -0.3 is 15.2 Å². The predicted molar refractivity (Wildman–Crippen MR) is 84.6 cm³/mol. The SMILES string of the molecule is COC(=O)C1CCCC1S(=O)(=O)N(CCNC(C)=O)C(C)C(=O)O. The van der Waals surface area contributed by atoms with Gasteiger partial charge in [0, 0.05) is 20.0 Å². The number of carboxylic acid groups (broad SMARTS) is 1. The Hall–Kier alpha value is -1.68. The van der Waals surface area contributed by atoms with Crippen molar-refractivity contribution in [1.29, 1.82) is 0 Å². The number of amides is 1. The van der Waals surface area contributed by atoms with E-state index in [0.717, 1.165) is 4.31 Å². The van der Waals surface area contributed by atoms with Gasteiger partial charge in [0.05, 0.1) is 18.3 Å². The molecule has 0 heterocycles. The first-order valence-electron chi connectivity index (χ1n) is 7.68. The van der Waals surface area contributed by atoms with Gasteiger partial charge in [0.1, 0.15) is 6.04 Å². The highest BCUT2D eigenvalue weighted by Crippen LogP contribution is 2.34. The van der Waals surface area contributed by atoms with E-state index < -0.39 is 39.2 Å². The van der Waals surface area contributed by atoms with Crippen LogP contribution in [0.25, 0.3) is 0 Å². The summed E-state index contributed by atoms with van der Waals surface area (Å²) in [7, 11) is -2.85. The Labute approximate surface area is 141 Å². The number of aliphatic carboxylic acids is 1. The molecule has 0 radical (unpaired) electrons. The summed E-state index contributed by atoms with van der Waals surface area (Å²) >= 11 is 0. The van der Waals surface area contributed by atoms with Crippen LogP contribution in [0.2, 0.25) is 0 Å². The summed E-state index contributed by atoms with van der Waals surface area (Å²) in [5, 5.41) is 10.6. The number of carbonyl (C=O) groups is 3. The first kappa shape index (κ1) is 20.4. The maximum Gasteiger partial charge on any atom is 0.321 e. The molecule has 3 atom stereocenters. The highest BCUT2D eigenvalue weighted by Gasteiger charge is 2.46. The lowest BCUT2D eigenvalue weighted by Crippen LogP contribution is -2.51. The van der Waals surface area contributed by atoms with Crippen molar-refractivity contribution in [3.05, 3.63) is 0 Å². The molecular weight excluding hydrogens is 340 g/mol. The van der Waals surface area contributed by atoms with Crippen molar-refractivity contribution >= 4 is 27.9 Å². The number of methoxy groups -OCH3 is 1. The lowest BCUT2D eigenvalue weighted by atomic mass is 10.1. The fraction of sp³-hybridized carbons (Fsp3) is 0.786. The van der Waals surface area contributed by atoms with Crippen molar-refractivity contribution in [2.45, 2.75) is 44.4 Å². The summed E-state index contributed by atoms with van der Waals surface area (Å²) in [5.74, 6) is -3.05. The quantitative estimate of drug-likeness (QED) is 0.559. The average Bonchev–Trinajstić information content (AvgIpc) is 2.99. The Morgan fingerprint density at radius 2 is 1.96 bits per heavy atom. The van der Waals surface area contributed by atoms with E-state index in [1.54, 1.807) is 0 Å². The molecule has 1 aliphatic carbocycles. The highest BCUT2D eigenvalue weighted by molar-refractivity contribution is 7.89. The molecule has 2 N–H and O–H groups in total. The third-order valence-corrected chi connectivity index (χ3v) is 6.64. The van der Waals surface area contributed by atoms with E-state index in [4.69, 9.17) is 0 Å². The Balaban J connectivity index is 3.06. The molecule has 1 saturated carbocycles. The van der Waals surface area contributed by atoms with Crippen molar-refractivity contribution in [2.24, 2.45) is 5.92 Å². The van der Waals surface area contributed by atoms with E-state index >= 15 is 0 Å². The molecule has 3 unspecified atom stereocenters. The molecule has 1 aliphatic rings. The van der Waals surface area contributed by atoms with Crippen LogP contribution in [0.5, 0.6) is 0 Å². The maximum absolute atomic E-state index is 12.9. The van der Waals surface area contributed by atoms with Crippen LogP contribution in [-0.4, -0.2) is 67.2 Å². The Morgan fingerprint density at radius 3 is 2.46 bits per heavy atom. The molecule has 138 valence electrons. The number of nitrogens with zero attached hydrogens (tertiary/aromatic N) is 1. The van der Waals surface area contributed by atoms with Crippen LogP contribution < -0.4 is 5.32 Å². The van der Waals surface area contributed by atoms with E-state index in [9.17, 15) is 27.9 Å². The lowest BCUT2D eigenvalue weighted by molar-refractivity contribution is -0.145. The molecule has 9 nitrogen and oxygen atoms in total. The van der Waals surface area contributed by atoms with Gasteiger partial charge in [-0.1, -0.05) is 6.42 Å². The fourth-order valence-corrected chi connectivity index (χ4v) is 5.24. The van der Waals surface area contributed by atoms with Crippen molar-refractivity contribution < 1.29 is 32.6 Å². The highest BCUT2D eigenvalue weighted by atomic mass is 32.2. The first-order chi connectivity index (χ1) is 11.1. The number of hydrogen-bond donors (Lipinski definition) is 2. The number of carbonyl (C=O) groups excluding carboxylic acids is 2. The van der Waals surface area contributed by atoms with E-state index in [1.807, 2.05) is 0 Å². The van der Waals surface area contributed by atoms with Gasteiger partial charge in [-0.25, -0.2) is 8.42 Å². The molecule has 0 aliphatic heterocycles. The Morgan fingerprint density at radius 1 is 1.33 bits per heavy atom. The van der Waals surface area contributed by atoms with Gasteiger partial charge >= 0.3 is 11.9 Å². The monoisotopic (exact) mass is 364 g/mol. The van der Waals surface area contributed by atoms with E-state index in [0.29, 0.717) is 12.8 Å². The van der Waals surface area contributed by atoms with Gasteiger partial charge in [-0.3, -0.25) is 14.4 Å². The van der Waals surface area contributed by atoms with Crippen molar-refractivity contribution in [1.82, 2.24) is 9.62 Å². The summed E-state index contributed by atoms with van der Waals surface area (Å²) in [6.45, 7) is 2.35. The zero-order valence-corrected chi connectivity index (χ0v) is 14.8. The van der Waals surface area contributed by atoms with Crippen molar-refractivity contribution in [3.8, 4) is 0 Å². The number of esters is 1.